The Hall–Kier alpha value is -1.62. The van der Waals surface area contributed by atoms with Gasteiger partial charge < -0.3 is 10.7 Å². The van der Waals surface area contributed by atoms with E-state index in [1.807, 2.05) is 0 Å². The Morgan fingerprint density at radius 1 is 1.42 bits per heavy atom. The first-order chi connectivity index (χ1) is 9.28. The van der Waals surface area contributed by atoms with E-state index < -0.39 is 0 Å². The summed E-state index contributed by atoms with van der Waals surface area (Å²) in [5.41, 5.74) is 3.63. The van der Waals surface area contributed by atoms with Crippen LogP contribution in [0.4, 0.5) is 5.69 Å². The highest BCUT2D eigenvalue weighted by atomic mass is 16.1. The topological polar surface area (TPSA) is 80.0 Å². The number of fused-ring (bicyclic) bond motifs is 2. The number of nitrogens with one attached hydrogen (secondary N) is 2. The van der Waals surface area contributed by atoms with Crippen LogP contribution < -0.4 is 16.6 Å². The zero-order valence-corrected chi connectivity index (χ0v) is 10.9. The predicted octanol–water partition coefficient (Wildman–Crippen LogP) is 1.53. The summed E-state index contributed by atoms with van der Waals surface area (Å²) in [4.78, 5) is 16.1. The fraction of sp³-hybridized carbons (Fsp3) is 0.571. The van der Waals surface area contributed by atoms with Crippen LogP contribution in [-0.4, -0.2) is 17.4 Å². The molecule has 0 saturated heterocycles. The van der Waals surface area contributed by atoms with Gasteiger partial charge in [0.15, 0.2) is 0 Å². The molecule has 0 aliphatic heterocycles. The molecule has 1 aromatic heterocycles. The third-order valence-electron chi connectivity index (χ3n) is 4.63. The van der Waals surface area contributed by atoms with Crippen LogP contribution in [0.2, 0.25) is 0 Å². The smallest absolute Gasteiger partial charge is 0.253 e. The number of nitrogens with two attached hydrogens (primary N) is 1. The van der Waals surface area contributed by atoms with Crippen molar-refractivity contribution < 1.29 is 4.79 Å². The molecule has 2 fully saturated rings. The number of rotatable bonds is 4. The third kappa shape index (κ3) is 2.42. The fourth-order valence-electron chi connectivity index (χ4n) is 3.65. The summed E-state index contributed by atoms with van der Waals surface area (Å²) in [7, 11) is 0. The van der Waals surface area contributed by atoms with Gasteiger partial charge in [-0.25, -0.2) is 0 Å². The molecule has 3 atom stereocenters. The van der Waals surface area contributed by atoms with Crippen molar-refractivity contribution in [2.45, 2.75) is 25.7 Å². The first-order valence-electron chi connectivity index (χ1n) is 6.96. The van der Waals surface area contributed by atoms with Crippen molar-refractivity contribution in [1.29, 1.82) is 0 Å². The Labute approximate surface area is 112 Å². The lowest BCUT2D eigenvalue weighted by Gasteiger charge is -2.22. The molecule has 3 rings (SSSR count). The molecule has 0 radical (unpaired) electrons. The van der Waals surface area contributed by atoms with Crippen molar-refractivity contribution in [3.05, 3.63) is 24.0 Å². The molecule has 1 aromatic rings. The number of nitrogens with zero attached hydrogens (tertiary/aromatic N) is 1. The van der Waals surface area contributed by atoms with E-state index in [1.54, 1.807) is 18.5 Å². The predicted molar refractivity (Wildman–Crippen MR) is 73.3 cm³/mol. The van der Waals surface area contributed by atoms with Crippen LogP contribution in [0.5, 0.6) is 0 Å². The first-order valence-corrected chi connectivity index (χ1v) is 6.96. The van der Waals surface area contributed by atoms with E-state index in [2.05, 4.69) is 15.7 Å². The van der Waals surface area contributed by atoms with E-state index in [-0.39, 0.29) is 5.91 Å². The maximum absolute atomic E-state index is 12.2. The maximum Gasteiger partial charge on any atom is 0.253 e. The van der Waals surface area contributed by atoms with Gasteiger partial charge in [0, 0.05) is 12.7 Å². The van der Waals surface area contributed by atoms with E-state index in [1.165, 1.54) is 25.7 Å². The van der Waals surface area contributed by atoms with Crippen LogP contribution in [0.15, 0.2) is 18.5 Å². The molecule has 2 bridgehead atoms. The zero-order valence-electron chi connectivity index (χ0n) is 10.9. The molecule has 5 nitrogen and oxygen atoms in total. The van der Waals surface area contributed by atoms with E-state index in [4.69, 9.17) is 5.84 Å². The molecule has 0 aromatic carbocycles. The molecule has 1 heterocycles. The summed E-state index contributed by atoms with van der Waals surface area (Å²) in [6, 6.07) is 1.69. The van der Waals surface area contributed by atoms with Crippen molar-refractivity contribution in [2.24, 2.45) is 23.6 Å². The van der Waals surface area contributed by atoms with Crippen LogP contribution in [0.3, 0.4) is 0 Å². The molecule has 2 aliphatic carbocycles. The molecule has 1 amide bonds. The highest BCUT2D eigenvalue weighted by molar-refractivity contribution is 5.99. The minimum absolute atomic E-state index is 0.0712. The first kappa shape index (κ1) is 12.4. The molecule has 5 heteroatoms. The zero-order chi connectivity index (χ0) is 13.2. The van der Waals surface area contributed by atoms with Crippen molar-refractivity contribution in [1.82, 2.24) is 10.3 Å². The van der Waals surface area contributed by atoms with Crippen LogP contribution in [0.25, 0.3) is 0 Å². The Kier molecular flexibility index (Phi) is 3.38. The molecule has 19 heavy (non-hydrogen) atoms. The van der Waals surface area contributed by atoms with E-state index in [0.717, 1.165) is 18.4 Å². The molecule has 4 N–H and O–H groups in total. The maximum atomic E-state index is 12.2. The second-order valence-electron chi connectivity index (χ2n) is 5.71. The Bertz CT molecular complexity index is 476. The number of hydrogen-bond donors (Lipinski definition) is 3. The van der Waals surface area contributed by atoms with Gasteiger partial charge in [-0.3, -0.25) is 15.6 Å². The number of anilines is 1. The Morgan fingerprint density at radius 3 is 3.00 bits per heavy atom. The lowest BCUT2D eigenvalue weighted by atomic mass is 9.89. The molecule has 102 valence electrons. The summed E-state index contributed by atoms with van der Waals surface area (Å²) >= 11 is 0. The molecule has 0 spiro atoms. The molecule has 2 saturated carbocycles. The summed E-state index contributed by atoms with van der Waals surface area (Å²) in [5.74, 6) is 7.72. The van der Waals surface area contributed by atoms with Gasteiger partial charge in [0.1, 0.15) is 0 Å². The van der Waals surface area contributed by atoms with Gasteiger partial charge in [-0.05, 0) is 43.1 Å². The number of aromatic nitrogens is 1. The van der Waals surface area contributed by atoms with Crippen LogP contribution in [-0.2, 0) is 0 Å². The summed E-state index contributed by atoms with van der Waals surface area (Å²) < 4.78 is 0. The van der Waals surface area contributed by atoms with Gasteiger partial charge in [0.2, 0.25) is 0 Å². The van der Waals surface area contributed by atoms with Gasteiger partial charge in [-0.1, -0.05) is 6.42 Å². The van der Waals surface area contributed by atoms with Gasteiger partial charge in [-0.2, -0.15) is 0 Å². The minimum atomic E-state index is -0.0712. The number of hydrazine groups is 1. The second-order valence-corrected chi connectivity index (χ2v) is 5.71. The SMILES string of the molecule is NNc1cnccc1C(=O)NCC1CC2CCC1C2. The molecule has 3 unspecified atom stereocenters. The van der Waals surface area contributed by atoms with E-state index >= 15 is 0 Å². The number of carbonyl (C=O) groups excluding carboxylic acids is 1. The summed E-state index contributed by atoms with van der Waals surface area (Å²) in [6.45, 7) is 0.784. The molecular formula is C14H20N4O. The van der Waals surface area contributed by atoms with Gasteiger partial charge >= 0.3 is 0 Å². The molecule has 2 aliphatic rings. The quantitative estimate of drug-likeness (QED) is 0.566. The van der Waals surface area contributed by atoms with Crippen LogP contribution in [0, 0.1) is 17.8 Å². The standard InChI is InChI=1S/C14H20N4O/c15-18-13-8-16-4-3-12(13)14(19)17-7-11-6-9-1-2-10(11)5-9/h3-4,8-11,18H,1-2,5-7,15H2,(H,17,19). The fourth-order valence-corrected chi connectivity index (χ4v) is 3.65. The van der Waals surface area contributed by atoms with Crippen molar-refractivity contribution in [3.63, 3.8) is 0 Å². The Balaban J connectivity index is 1.59. The highest BCUT2D eigenvalue weighted by Crippen LogP contribution is 2.47. The summed E-state index contributed by atoms with van der Waals surface area (Å²) in [5, 5.41) is 3.04. The minimum Gasteiger partial charge on any atom is -0.352 e. The number of pyridine rings is 1. The Morgan fingerprint density at radius 2 is 2.32 bits per heavy atom. The lowest BCUT2D eigenvalue weighted by molar-refractivity contribution is 0.0942. The van der Waals surface area contributed by atoms with Gasteiger partial charge in [0.05, 0.1) is 17.4 Å². The number of hydrogen-bond acceptors (Lipinski definition) is 4. The number of carbonyl (C=O) groups is 1. The largest absolute Gasteiger partial charge is 0.352 e. The van der Waals surface area contributed by atoms with Gasteiger partial charge in [0.25, 0.3) is 5.91 Å². The highest BCUT2D eigenvalue weighted by Gasteiger charge is 2.39. The number of nitrogen functional groups attached to an aromatic ring is 1. The van der Waals surface area contributed by atoms with Gasteiger partial charge in [-0.15, -0.1) is 0 Å². The van der Waals surface area contributed by atoms with Crippen molar-refractivity contribution in [3.8, 4) is 0 Å². The second kappa shape index (κ2) is 5.17. The van der Waals surface area contributed by atoms with Crippen molar-refractivity contribution >= 4 is 11.6 Å². The summed E-state index contributed by atoms with van der Waals surface area (Å²) in [6.07, 6.45) is 8.55. The lowest BCUT2D eigenvalue weighted by Crippen LogP contribution is -2.32. The monoisotopic (exact) mass is 260 g/mol. The van der Waals surface area contributed by atoms with Crippen LogP contribution >= 0.6 is 0 Å². The third-order valence-corrected chi connectivity index (χ3v) is 4.63. The number of amides is 1. The van der Waals surface area contributed by atoms with Crippen LogP contribution in [0.1, 0.15) is 36.0 Å². The van der Waals surface area contributed by atoms with E-state index in [0.29, 0.717) is 17.2 Å². The normalized spacial score (nSPS) is 28.4. The van der Waals surface area contributed by atoms with E-state index in [9.17, 15) is 4.79 Å². The average Bonchev–Trinajstić information content (AvgIpc) is 3.07. The molecular weight excluding hydrogens is 240 g/mol. The average molecular weight is 260 g/mol. The van der Waals surface area contributed by atoms with Crippen molar-refractivity contribution in [2.75, 3.05) is 12.0 Å².